The van der Waals surface area contributed by atoms with E-state index in [4.69, 9.17) is 0 Å². The van der Waals surface area contributed by atoms with Gasteiger partial charge in [-0.2, -0.15) is 0 Å². The molecule has 3 rings (SSSR count). The molecule has 3 heterocycles. The van der Waals surface area contributed by atoms with E-state index in [0.29, 0.717) is 4.70 Å². The number of pyridine rings is 1. The molecule has 0 bridgehead atoms. The van der Waals surface area contributed by atoms with Crippen LogP contribution in [0.3, 0.4) is 0 Å². The van der Waals surface area contributed by atoms with Gasteiger partial charge in [0.1, 0.15) is 9.53 Å². The fourth-order valence-corrected chi connectivity index (χ4v) is 2.88. The lowest BCUT2D eigenvalue weighted by Crippen LogP contribution is -2.09. The third-order valence-corrected chi connectivity index (χ3v) is 3.71. The molecule has 0 atom stereocenters. The van der Waals surface area contributed by atoms with Gasteiger partial charge in [0.2, 0.25) is 0 Å². The smallest absolute Gasteiger partial charge is 0.268 e. The number of nitrogens with one attached hydrogen (secondary N) is 1. The summed E-state index contributed by atoms with van der Waals surface area (Å²) in [7, 11) is 3.93. The van der Waals surface area contributed by atoms with Gasteiger partial charge in [0.15, 0.2) is 0 Å². The highest BCUT2D eigenvalue weighted by atomic mass is 32.1. The number of H-pyrrole nitrogens is 1. The number of fused-ring (bicyclic) bond motifs is 3. The van der Waals surface area contributed by atoms with Crippen LogP contribution in [0.5, 0.6) is 0 Å². The molecule has 3 aromatic heterocycles. The molecule has 0 amide bonds. The largest absolute Gasteiger partial charge is 0.377 e. The first kappa shape index (κ1) is 24.2. The maximum absolute atomic E-state index is 11.7. The van der Waals surface area contributed by atoms with E-state index in [1.54, 1.807) is 6.20 Å². The zero-order chi connectivity index (χ0) is 18.0. The van der Waals surface area contributed by atoms with Gasteiger partial charge in [0.05, 0.1) is 22.9 Å². The van der Waals surface area contributed by atoms with Gasteiger partial charge >= 0.3 is 0 Å². The number of nitrogens with zero attached hydrogens (tertiary/aromatic N) is 3. The quantitative estimate of drug-likeness (QED) is 0.678. The minimum absolute atomic E-state index is 0. The van der Waals surface area contributed by atoms with E-state index in [9.17, 15) is 4.79 Å². The molecule has 0 aromatic carbocycles. The number of halogens is 1. The molecule has 0 aliphatic heterocycles. The van der Waals surface area contributed by atoms with Crippen molar-refractivity contribution in [1.82, 2.24) is 15.0 Å². The van der Waals surface area contributed by atoms with Crippen LogP contribution in [0.2, 0.25) is 0 Å². The average molecular weight is 357 g/mol. The maximum Gasteiger partial charge on any atom is 0.268 e. The molecule has 3 aromatic rings. The number of thiophene rings is 1. The summed E-state index contributed by atoms with van der Waals surface area (Å²) < 4.78 is 0.629. The van der Waals surface area contributed by atoms with Crippen molar-refractivity contribution >= 4 is 37.5 Å². The minimum atomic E-state index is -0.109. The maximum atomic E-state index is 11.7. The van der Waals surface area contributed by atoms with Crippen molar-refractivity contribution in [3.63, 3.8) is 0 Å². The lowest BCUT2D eigenvalue weighted by Gasteiger charge is -2.12. The van der Waals surface area contributed by atoms with Gasteiger partial charge < -0.3 is 9.88 Å². The number of rotatable bonds is 1. The molecule has 136 valence electrons. The first-order chi connectivity index (χ1) is 11.2. The summed E-state index contributed by atoms with van der Waals surface area (Å²) in [4.78, 5) is 25.7. The second kappa shape index (κ2) is 12.4. The lowest BCUT2D eigenvalue weighted by molar-refractivity contribution is 1.11. The van der Waals surface area contributed by atoms with Crippen molar-refractivity contribution in [2.45, 2.75) is 41.5 Å². The molecule has 0 unspecified atom stereocenters. The van der Waals surface area contributed by atoms with Crippen molar-refractivity contribution < 1.29 is 4.70 Å². The Morgan fingerprint density at radius 2 is 1.62 bits per heavy atom. The zero-order valence-corrected chi connectivity index (χ0v) is 16.6. The van der Waals surface area contributed by atoms with Gasteiger partial charge in [-0.3, -0.25) is 9.50 Å². The Morgan fingerprint density at radius 1 is 1.04 bits per heavy atom. The standard InChI is InChI=1S/C11H10N4OS.3C2H6.FH/c1-15(2)6-3-4-12-11-7(6)8-9(17-11)10(16)14-5-13-8;3*1-2;/h3-5H,1-2H3,(H,13,14,16);3*1-2H3;1H. The van der Waals surface area contributed by atoms with Crippen LogP contribution in [0, 0.1) is 0 Å². The predicted molar refractivity (Wildman–Crippen MR) is 106 cm³/mol. The fourth-order valence-electron chi connectivity index (χ4n) is 1.86. The van der Waals surface area contributed by atoms with E-state index >= 15 is 0 Å². The summed E-state index contributed by atoms with van der Waals surface area (Å²) in [6, 6.07) is 1.93. The lowest BCUT2D eigenvalue weighted by atomic mass is 10.2. The molecule has 0 fully saturated rings. The van der Waals surface area contributed by atoms with E-state index in [1.165, 1.54) is 17.7 Å². The van der Waals surface area contributed by atoms with Crippen molar-refractivity contribution in [2.75, 3.05) is 19.0 Å². The number of hydrogen-bond acceptors (Lipinski definition) is 5. The highest BCUT2D eigenvalue weighted by Gasteiger charge is 2.14. The number of aromatic amines is 1. The molecule has 0 saturated carbocycles. The van der Waals surface area contributed by atoms with Crippen LogP contribution >= 0.6 is 11.3 Å². The second-order valence-electron chi connectivity index (χ2n) is 3.92. The van der Waals surface area contributed by atoms with Crippen LogP contribution < -0.4 is 10.5 Å². The van der Waals surface area contributed by atoms with Crippen LogP contribution in [0.4, 0.5) is 10.4 Å². The first-order valence-electron chi connectivity index (χ1n) is 8.10. The summed E-state index contributed by atoms with van der Waals surface area (Å²) in [6.07, 6.45) is 3.19. The van der Waals surface area contributed by atoms with Gasteiger partial charge in [0, 0.05) is 20.3 Å². The molecule has 0 spiro atoms. The SMILES string of the molecule is CC.CC.CC.CN(C)c1ccnc2sc3c(=O)[nH]cnc3c12.F. The van der Waals surface area contributed by atoms with Gasteiger partial charge in [-0.1, -0.05) is 41.5 Å². The molecular weight excluding hydrogens is 327 g/mol. The Kier molecular flexibility index (Phi) is 12.5. The van der Waals surface area contributed by atoms with Crippen molar-refractivity contribution in [3.8, 4) is 0 Å². The van der Waals surface area contributed by atoms with E-state index in [2.05, 4.69) is 15.0 Å². The summed E-state index contributed by atoms with van der Waals surface area (Å²) in [5.41, 5.74) is 1.65. The van der Waals surface area contributed by atoms with Gasteiger partial charge in [-0.05, 0) is 6.07 Å². The van der Waals surface area contributed by atoms with Crippen LogP contribution in [-0.2, 0) is 0 Å². The molecule has 7 heteroatoms. The van der Waals surface area contributed by atoms with Crippen LogP contribution in [0.15, 0.2) is 23.4 Å². The molecule has 0 saturated heterocycles. The molecule has 0 aliphatic carbocycles. The van der Waals surface area contributed by atoms with E-state index in [1.807, 2.05) is 66.6 Å². The van der Waals surface area contributed by atoms with E-state index in [0.717, 1.165) is 21.4 Å². The minimum Gasteiger partial charge on any atom is -0.377 e. The van der Waals surface area contributed by atoms with E-state index in [-0.39, 0.29) is 10.3 Å². The zero-order valence-electron chi connectivity index (χ0n) is 15.8. The molecular formula is C17H29FN4OS. The van der Waals surface area contributed by atoms with Crippen molar-refractivity contribution in [2.24, 2.45) is 0 Å². The van der Waals surface area contributed by atoms with E-state index < -0.39 is 0 Å². The van der Waals surface area contributed by atoms with Crippen LogP contribution in [-0.4, -0.2) is 29.0 Å². The fraction of sp³-hybridized carbons (Fsp3) is 0.471. The summed E-state index contributed by atoms with van der Waals surface area (Å²) in [5.74, 6) is 0. The molecule has 0 radical (unpaired) electrons. The van der Waals surface area contributed by atoms with Crippen molar-refractivity contribution in [3.05, 3.63) is 28.9 Å². The number of hydrogen-bond donors (Lipinski definition) is 1. The third-order valence-electron chi connectivity index (χ3n) is 2.62. The Bertz CT molecular complexity index is 768. The Labute approximate surface area is 147 Å². The first-order valence-corrected chi connectivity index (χ1v) is 8.92. The predicted octanol–water partition coefficient (Wildman–Crippen LogP) is 4.83. The topological polar surface area (TPSA) is 61.9 Å². The second-order valence-corrected chi connectivity index (χ2v) is 4.92. The molecule has 24 heavy (non-hydrogen) atoms. The molecule has 5 nitrogen and oxygen atoms in total. The van der Waals surface area contributed by atoms with Gasteiger partial charge in [-0.15, -0.1) is 11.3 Å². The normalized spacial score (nSPS) is 8.67. The van der Waals surface area contributed by atoms with Crippen molar-refractivity contribution in [1.29, 1.82) is 0 Å². The number of aromatic nitrogens is 3. The Morgan fingerprint density at radius 3 is 2.17 bits per heavy atom. The van der Waals surface area contributed by atoms with Gasteiger partial charge in [-0.25, -0.2) is 9.97 Å². The summed E-state index contributed by atoms with van der Waals surface area (Å²) in [5, 5.41) is 0.948. The monoisotopic (exact) mass is 356 g/mol. The van der Waals surface area contributed by atoms with Gasteiger partial charge in [0.25, 0.3) is 5.56 Å². The average Bonchev–Trinajstić information content (AvgIpc) is 3.00. The summed E-state index contributed by atoms with van der Waals surface area (Å²) >= 11 is 1.38. The Hall–Kier alpha value is -2.02. The Balaban J connectivity index is 0. The van der Waals surface area contributed by atoms with Crippen LogP contribution in [0.1, 0.15) is 41.5 Å². The molecule has 1 N–H and O–H groups in total. The van der Waals surface area contributed by atoms with Crippen LogP contribution in [0.25, 0.3) is 20.4 Å². The highest BCUT2D eigenvalue weighted by molar-refractivity contribution is 7.25. The summed E-state index contributed by atoms with van der Waals surface area (Å²) in [6.45, 7) is 12.0. The highest BCUT2D eigenvalue weighted by Crippen LogP contribution is 2.34. The number of anilines is 1. The molecule has 0 aliphatic rings. The third kappa shape index (κ3) is 4.99.